The number of ether oxygens (including phenoxy) is 1. The summed E-state index contributed by atoms with van der Waals surface area (Å²) in [5.74, 6) is 0.159. The van der Waals surface area contributed by atoms with Gasteiger partial charge in [0.15, 0.2) is 0 Å². The van der Waals surface area contributed by atoms with Gasteiger partial charge in [0, 0.05) is 10.8 Å². The Morgan fingerprint density at radius 3 is 2.19 bits per heavy atom. The zero-order chi connectivity index (χ0) is 16.1. The van der Waals surface area contributed by atoms with Crippen molar-refractivity contribution in [3.8, 4) is 11.8 Å². The van der Waals surface area contributed by atoms with E-state index in [9.17, 15) is 13.2 Å². The number of halogens is 3. The van der Waals surface area contributed by atoms with E-state index in [1.54, 1.807) is 6.07 Å². The molecule has 1 aliphatic carbocycles. The second-order valence-corrected chi connectivity index (χ2v) is 6.97. The summed E-state index contributed by atoms with van der Waals surface area (Å²) in [6, 6.07) is 5.08. The fraction of sp³-hybridized carbons (Fsp3) is 0.562. The molecular weight excluding hydrogens is 279 g/mol. The van der Waals surface area contributed by atoms with Crippen LogP contribution in [0, 0.1) is 22.2 Å². The standard InChI is InChI=1S/C16H18F3NO/c1-14(2)9-15(3,4)13(14)21-11-6-5-10(8-20)12(7-11)16(17,18)19/h5-7,13H,9H2,1-4H3. The Morgan fingerprint density at radius 1 is 1.19 bits per heavy atom. The molecule has 0 bridgehead atoms. The van der Waals surface area contributed by atoms with Crippen molar-refractivity contribution in [3.05, 3.63) is 29.3 Å². The molecule has 21 heavy (non-hydrogen) atoms. The maximum absolute atomic E-state index is 12.9. The smallest absolute Gasteiger partial charge is 0.417 e. The molecule has 0 unspecified atom stereocenters. The van der Waals surface area contributed by atoms with Crippen LogP contribution in [0.5, 0.6) is 5.75 Å². The number of nitriles is 1. The van der Waals surface area contributed by atoms with Gasteiger partial charge in [0.1, 0.15) is 11.9 Å². The SMILES string of the molecule is CC1(C)CC(C)(C)C1Oc1ccc(C#N)c(C(F)(F)F)c1. The first-order valence-electron chi connectivity index (χ1n) is 6.75. The van der Waals surface area contributed by atoms with Crippen molar-refractivity contribution in [1.82, 2.24) is 0 Å². The molecule has 0 aliphatic heterocycles. The number of benzene rings is 1. The first-order valence-corrected chi connectivity index (χ1v) is 6.75. The van der Waals surface area contributed by atoms with E-state index in [4.69, 9.17) is 10.00 Å². The fourth-order valence-electron chi connectivity index (χ4n) is 3.67. The van der Waals surface area contributed by atoms with Gasteiger partial charge >= 0.3 is 6.18 Å². The first kappa shape index (κ1) is 15.7. The van der Waals surface area contributed by atoms with Crippen LogP contribution in [-0.2, 0) is 6.18 Å². The quantitative estimate of drug-likeness (QED) is 0.787. The predicted molar refractivity (Wildman–Crippen MR) is 72.8 cm³/mol. The summed E-state index contributed by atoms with van der Waals surface area (Å²) in [5.41, 5.74) is -1.48. The van der Waals surface area contributed by atoms with Crippen LogP contribution in [-0.4, -0.2) is 6.10 Å². The van der Waals surface area contributed by atoms with Crippen molar-refractivity contribution in [2.24, 2.45) is 10.8 Å². The zero-order valence-electron chi connectivity index (χ0n) is 12.5. The molecule has 1 aliphatic rings. The van der Waals surface area contributed by atoms with Gasteiger partial charge in [-0.3, -0.25) is 0 Å². The summed E-state index contributed by atoms with van der Waals surface area (Å²) in [6.45, 7) is 8.16. The summed E-state index contributed by atoms with van der Waals surface area (Å²) in [7, 11) is 0. The Balaban J connectivity index is 2.33. The topological polar surface area (TPSA) is 33.0 Å². The van der Waals surface area contributed by atoms with E-state index in [-0.39, 0.29) is 28.2 Å². The van der Waals surface area contributed by atoms with Crippen LogP contribution in [0.25, 0.3) is 0 Å². The molecule has 0 heterocycles. The third kappa shape index (κ3) is 2.85. The van der Waals surface area contributed by atoms with Crippen LogP contribution in [0.1, 0.15) is 45.2 Å². The van der Waals surface area contributed by atoms with Crippen LogP contribution in [0.2, 0.25) is 0 Å². The lowest BCUT2D eigenvalue weighted by Crippen LogP contribution is -2.58. The van der Waals surface area contributed by atoms with Crippen molar-refractivity contribution in [1.29, 1.82) is 5.26 Å². The average Bonchev–Trinajstić information content (AvgIpc) is 2.33. The second kappa shape index (κ2) is 4.66. The van der Waals surface area contributed by atoms with Crippen LogP contribution >= 0.6 is 0 Å². The Kier molecular flexibility index (Phi) is 3.48. The van der Waals surface area contributed by atoms with Gasteiger partial charge in [0.2, 0.25) is 0 Å². The molecule has 0 aromatic heterocycles. The van der Waals surface area contributed by atoms with E-state index in [1.807, 2.05) is 27.7 Å². The number of nitrogens with zero attached hydrogens (tertiary/aromatic N) is 1. The van der Waals surface area contributed by atoms with Crippen LogP contribution in [0.4, 0.5) is 13.2 Å². The molecule has 1 aromatic carbocycles. The fourth-order valence-corrected chi connectivity index (χ4v) is 3.67. The molecule has 1 saturated carbocycles. The summed E-state index contributed by atoms with van der Waals surface area (Å²) in [6.07, 6.45) is -3.76. The normalized spacial score (nSPS) is 20.5. The van der Waals surface area contributed by atoms with Crippen LogP contribution < -0.4 is 4.74 Å². The highest BCUT2D eigenvalue weighted by atomic mass is 19.4. The molecule has 114 valence electrons. The molecule has 5 heteroatoms. The van der Waals surface area contributed by atoms with Crippen molar-refractivity contribution < 1.29 is 17.9 Å². The number of hydrogen-bond donors (Lipinski definition) is 0. The van der Waals surface area contributed by atoms with Crippen molar-refractivity contribution in [3.63, 3.8) is 0 Å². The highest BCUT2D eigenvalue weighted by molar-refractivity contribution is 5.44. The van der Waals surface area contributed by atoms with Gasteiger partial charge in [0.05, 0.1) is 17.2 Å². The molecule has 1 aromatic rings. The Bertz CT molecular complexity index is 583. The molecule has 2 nitrogen and oxygen atoms in total. The lowest BCUT2D eigenvalue weighted by atomic mass is 9.53. The van der Waals surface area contributed by atoms with Gasteiger partial charge in [0.25, 0.3) is 0 Å². The minimum atomic E-state index is -4.56. The molecular formula is C16H18F3NO. The maximum atomic E-state index is 12.9. The number of rotatable bonds is 2. The molecule has 0 saturated heterocycles. The summed E-state index contributed by atoms with van der Waals surface area (Å²) < 4.78 is 44.6. The van der Waals surface area contributed by atoms with E-state index < -0.39 is 11.7 Å². The van der Waals surface area contributed by atoms with Gasteiger partial charge in [-0.2, -0.15) is 18.4 Å². The highest BCUT2D eigenvalue weighted by Crippen LogP contribution is 2.55. The minimum absolute atomic E-state index is 0.0736. The van der Waals surface area contributed by atoms with E-state index in [0.717, 1.165) is 18.6 Å². The average molecular weight is 297 g/mol. The number of alkyl halides is 3. The van der Waals surface area contributed by atoms with Crippen molar-refractivity contribution in [2.75, 3.05) is 0 Å². The summed E-state index contributed by atoms with van der Waals surface area (Å²) in [4.78, 5) is 0. The van der Waals surface area contributed by atoms with E-state index in [0.29, 0.717) is 0 Å². The lowest BCUT2D eigenvalue weighted by Gasteiger charge is -2.56. The molecule has 0 amide bonds. The molecule has 0 atom stereocenters. The van der Waals surface area contributed by atoms with Crippen LogP contribution in [0.15, 0.2) is 18.2 Å². The summed E-state index contributed by atoms with van der Waals surface area (Å²) in [5, 5.41) is 8.79. The van der Waals surface area contributed by atoms with E-state index in [2.05, 4.69) is 0 Å². The van der Waals surface area contributed by atoms with Gasteiger partial charge in [-0.1, -0.05) is 27.7 Å². The second-order valence-electron chi connectivity index (χ2n) is 6.97. The van der Waals surface area contributed by atoms with Gasteiger partial charge < -0.3 is 4.74 Å². The van der Waals surface area contributed by atoms with E-state index in [1.165, 1.54) is 6.07 Å². The highest BCUT2D eigenvalue weighted by Gasteiger charge is 2.55. The predicted octanol–water partition coefficient (Wildman–Crippen LogP) is 4.78. The van der Waals surface area contributed by atoms with Crippen molar-refractivity contribution in [2.45, 2.75) is 46.4 Å². The molecule has 0 N–H and O–H groups in total. The van der Waals surface area contributed by atoms with Gasteiger partial charge in [-0.05, 0) is 24.6 Å². The van der Waals surface area contributed by atoms with Crippen molar-refractivity contribution >= 4 is 0 Å². The van der Waals surface area contributed by atoms with Gasteiger partial charge in [-0.25, -0.2) is 0 Å². The van der Waals surface area contributed by atoms with Gasteiger partial charge in [-0.15, -0.1) is 0 Å². The Hall–Kier alpha value is -1.70. The molecule has 2 rings (SSSR count). The molecule has 0 spiro atoms. The zero-order valence-corrected chi connectivity index (χ0v) is 12.5. The maximum Gasteiger partial charge on any atom is 0.417 e. The summed E-state index contributed by atoms with van der Waals surface area (Å²) >= 11 is 0. The lowest BCUT2D eigenvalue weighted by molar-refractivity contribution is -0.140. The molecule has 0 radical (unpaired) electrons. The Labute approximate surface area is 122 Å². The third-order valence-electron chi connectivity index (χ3n) is 4.00. The van der Waals surface area contributed by atoms with Crippen LogP contribution in [0.3, 0.4) is 0 Å². The first-order chi connectivity index (χ1) is 9.47. The largest absolute Gasteiger partial charge is 0.489 e. The minimum Gasteiger partial charge on any atom is -0.489 e. The number of hydrogen-bond acceptors (Lipinski definition) is 2. The molecule has 1 fully saturated rings. The monoisotopic (exact) mass is 297 g/mol. The van der Waals surface area contributed by atoms with E-state index >= 15 is 0 Å². The third-order valence-corrected chi connectivity index (χ3v) is 4.00. The Morgan fingerprint density at radius 2 is 1.76 bits per heavy atom.